The molecule has 174 valence electrons. The molecule has 1 aromatic heterocycles. The number of benzene rings is 2. The van der Waals surface area contributed by atoms with Crippen molar-refractivity contribution in [2.24, 2.45) is 10.9 Å². The molecule has 1 fully saturated rings. The van der Waals surface area contributed by atoms with Crippen molar-refractivity contribution in [3.8, 4) is 17.1 Å². The van der Waals surface area contributed by atoms with Crippen molar-refractivity contribution in [2.45, 2.75) is 33.4 Å². The Bertz CT molecular complexity index is 1040. The van der Waals surface area contributed by atoms with E-state index in [2.05, 4.69) is 40.7 Å². The summed E-state index contributed by atoms with van der Waals surface area (Å²) in [4.78, 5) is 9.14. The van der Waals surface area contributed by atoms with Crippen molar-refractivity contribution in [3.05, 3.63) is 71.7 Å². The number of nitrogens with one attached hydrogen (secondary N) is 2. The Morgan fingerprint density at radius 1 is 1.18 bits per heavy atom. The standard InChI is InChI=1S/C26H32N4O3/c1-3-27-26(30-16-25-28-15-24(33-25)21-7-5-4-6-8-21)29-14-22-10-9-19(2)13-23(22)32-18-20-11-12-31-17-20/h4-10,13,15,20H,3,11-12,14,16-18H2,1-2H3,(H2,27,29,30). The van der Waals surface area contributed by atoms with E-state index >= 15 is 0 Å². The highest BCUT2D eigenvalue weighted by Crippen LogP contribution is 2.24. The first-order chi connectivity index (χ1) is 16.2. The van der Waals surface area contributed by atoms with E-state index in [-0.39, 0.29) is 0 Å². The molecular weight excluding hydrogens is 416 g/mol. The molecule has 2 heterocycles. The Hall–Kier alpha value is -3.32. The summed E-state index contributed by atoms with van der Waals surface area (Å²) in [6, 6.07) is 16.2. The molecule has 4 rings (SSSR count). The third-order valence-electron chi connectivity index (χ3n) is 5.49. The zero-order valence-electron chi connectivity index (χ0n) is 19.3. The summed E-state index contributed by atoms with van der Waals surface area (Å²) in [5, 5.41) is 6.59. The third-order valence-corrected chi connectivity index (χ3v) is 5.49. The minimum absolute atomic E-state index is 0.442. The molecule has 1 aliphatic rings. The number of aliphatic imine (C=N–C) groups is 1. The first-order valence-corrected chi connectivity index (χ1v) is 11.5. The molecule has 7 heteroatoms. The van der Waals surface area contributed by atoms with Crippen LogP contribution in [0.4, 0.5) is 0 Å². The number of guanidine groups is 1. The van der Waals surface area contributed by atoms with Crippen molar-refractivity contribution in [1.29, 1.82) is 0 Å². The van der Waals surface area contributed by atoms with Crippen molar-refractivity contribution < 1.29 is 13.9 Å². The Kier molecular flexibility index (Phi) is 7.98. The monoisotopic (exact) mass is 448 g/mol. The molecule has 0 amide bonds. The molecule has 33 heavy (non-hydrogen) atoms. The first-order valence-electron chi connectivity index (χ1n) is 11.5. The highest BCUT2D eigenvalue weighted by Gasteiger charge is 2.17. The zero-order chi connectivity index (χ0) is 22.9. The average molecular weight is 449 g/mol. The van der Waals surface area contributed by atoms with Crippen molar-refractivity contribution >= 4 is 5.96 Å². The van der Waals surface area contributed by atoms with Gasteiger partial charge in [0.2, 0.25) is 5.89 Å². The number of aromatic nitrogens is 1. The van der Waals surface area contributed by atoms with Crippen molar-refractivity contribution in [2.75, 3.05) is 26.4 Å². The summed E-state index contributed by atoms with van der Waals surface area (Å²) >= 11 is 0. The average Bonchev–Trinajstić information content (AvgIpc) is 3.53. The maximum atomic E-state index is 6.15. The smallest absolute Gasteiger partial charge is 0.214 e. The Labute approximate surface area is 195 Å². The van der Waals surface area contributed by atoms with Gasteiger partial charge >= 0.3 is 0 Å². The zero-order valence-corrected chi connectivity index (χ0v) is 19.3. The fraction of sp³-hybridized carbons (Fsp3) is 0.385. The maximum absolute atomic E-state index is 6.15. The van der Waals surface area contributed by atoms with E-state index in [1.165, 1.54) is 5.56 Å². The Morgan fingerprint density at radius 2 is 2.06 bits per heavy atom. The van der Waals surface area contributed by atoms with E-state index in [4.69, 9.17) is 18.9 Å². The van der Waals surface area contributed by atoms with E-state index in [0.717, 1.165) is 48.8 Å². The predicted molar refractivity (Wildman–Crippen MR) is 129 cm³/mol. The lowest BCUT2D eigenvalue weighted by atomic mass is 10.1. The van der Waals surface area contributed by atoms with Gasteiger partial charge < -0.3 is 24.5 Å². The van der Waals surface area contributed by atoms with Gasteiger partial charge in [-0.15, -0.1) is 0 Å². The molecule has 0 spiro atoms. The summed E-state index contributed by atoms with van der Waals surface area (Å²) in [5.74, 6) is 3.41. The van der Waals surface area contributed by atoms with E-state index in [1.807, 2.05) is 37.3 Å². The molecule has 1 saturated heterocycles. The molecule has 0 saturated carbocycles. The second kappa shape index (κ2) is 11.5. The van der Waals surface area contributed by atoms with E-state index < -0.39 is 0 Å². The fourth-order valence-electron chi connectivity index (χ4n) is 3.64. The van der Waals surface area contributed by atoms with Crippen molar-refractivity contribution in [3.63, 3.8) is 0 Å². The van der Waals surface area contributed by atoms with Gasteiger partial charge in [0.05, 0.1) is 32.5 Å². The highest BCUT2D eigenvalue weighted by atomic mass is 16.5. The van der Waals surface area contributed by atoms with Crippen LogP contribution >= 0.6 is 0 Å². The van der Waals surface area contributed by atoms with Crippen LogP contribution in [0.5, 0.6) is 5.75 Å². The van der Waals surface area contributed by atoms with Gasteiger partial charge in [0.15, 0.2) is 11.7 Å². The summed E-state index contributed by atoms with van der Waals surface area (Å²) in [5.41, 5.74) is 3.23. The van der Waals surface area contributed by atoms with Crippen LogP contribution in [-0.4, -0.2) is 37.3 Å². The molecule has 1 atom stereocenters. The van der Waals surface area contributed by atoms with Gasteiger partial charge in [0.25, 0.3) is 0 Å². The van der Waals surface area contributed by atoms with E-state index in [9.17, 15) is 0 Å². The van der Waals surface area contributed by atoms with E-state index in [1.54, 1.807) is 6.20 Å². The minimum Gasteiger partial charge on any atom is -0.493 e. The molecule has 2 aromatic carbocycles. The van der Waals surface area contributed by atoms with Crippen LogP contribution in [0.15, 0.2) is 64.1 Å². The van der Waals surface area contributed by atoms with Crippen LogP contribution in [-0.2, 0) is 17.8 Å². The normalized spacial score (nSPS) is 16.1. The number of rotatable bonds is 9. The van der Waals surface area contributed by atoms with E-state index in [0.29, 0.717) is 37.5 Å². The Balaban J connectivity index is 1.38. The molecule has 0 bridgehead atoms. The summed E-state index contributed by atoms with van der Waals surface area (Å²) in [6.45, 7) is 8.10. The molecule has 0 radical (unpaired) electrons. The number of ether oxygens (including phenoxy) is 2. The largest absolute Gasteiger partial charge is 0.493 e. The van der Waals surface area contributed by atoms with Gasteiger partial charge in [-0.3, -0.25) is 0 Å². The minimum atomic E-state index is 0.442. The number of nitrogens with zero attached hydrogens (tertiary/aromatic N) is 2. The van der Waals surface area contributed by atoms with Crippen LogP contribution in [0.1, 0.15) is 30.4 Å². The number of oxazole rings is 1. The predicted octanol–water partition coefficient (Wildman–Crippen LogP) is 4.32. The summed E-state index contributed by atoms with van der Waals surface area (Å²) in [7, 11) is 0. The second-order valence-corrected chi connectivity index (χ2v) is 8.18. The van der Waals surface area contributed by atoms with Crippen LogP contribution in [0.3, 0.4) is 0 Å². The topological polar surface area (TPSA) is 80.9 Å². The van der Waals surface area contributed by atoms with Crippen LogP contribution in [0.2, 0.25) is 0 Å². The number of aryl methyl sites for hydroxylation is 1. The number of hydrogen-bond acceptors (Lipinski definition) is 5. The van der Waals surface area contributed by atoms with Crippen LogP contribution < -0.4 is 15.4 Å². The van der Waals surface area contributed by atoms with Crippen LogP contribution in [0.25, 0.3) is 11.3 Å². The first kappa shape index (κ1) is 22.9. The highest BCUT2D eigenvalue weighted by molar-refractivity contribution is 5.79. The third kappa shape index (κ3) is 6.58. The molecule has 1 unspecified atom stereocenters. The molecular formula is C26H32N4O3. The number of hydrogen-bond donors (Lipinski definition) is 2. The second-order valence-electron chi connectivity index (χ2n) is 8.18. The molecule has 1 aliphatic heterocycles. The molecule has 3 aromatic rings. The summed E-state index contributed by atoms with van der Waals surface area (Å²) in [6.07, 6.45) is 2.81. The lowest BCUT2D eigenvalue weighted by molar-refractivity contribution is 0.166. The van der Waals surface area contributed by atoms with Gasteiger partial charge in [-0.1, -0.05) is 42.5 Å². The van der Waals surface area contributed by atoms with Gasteiger partial charge in [-0.25, -0.2) is 9.98 Å². The van der Waals surface area contributed by atoms with Crippen molar-refractivity contribution in [1.82, 2.24) is 15.6 Å². The lowest BCUT2D eigenvalue weighted by Crippen LogP contribution is -2.36. The van der Waals surface area contributed by atoms with Crippen LogP contribution in [0, 0.1) is 12.8 Å². The van der Waals surface area contributed by atoms with Gasteiger partial charge in [-0.05, 0) is 31.9 Å². The quantitative estimate of drug-likeness (QED) is 0.375. The summed E-state index contributed by atoms with van der Waals surface area (Å²) < 4.78 is 17.5. The van der Waals surface area contributed by atoms with Gasteiger partial charge in [0.1, 0.15) is 5.75 Å². The van der Waals surface area contributed by atoms with Gasteiger partial charge in [0, 0.05) is 30.2 Å². The van der Waals surface area contributed by atoms with Gasteiger partial charge in [-0.2, -0.15) is 0 Å². The fourth-order valence-corrected chi connectivity index (χ4v) is 3.64. The molecule has 0 aliphatic carbocycles. The maximum Gasteiger partial charge on any atom is 0.214 e. The lowest BCUT2D eigenvalue weighted by Gasteiger charge is -2.15. The SMILES string of the molecule is CCNC(=NCc1ccc(C)cc1OCC1CCOC1)NCc1ncc(-c2ccccc2)o1. The molecule has 7 nitrogen and oxygen atoms in total. The Morgan fingerprint density at radius 3 is 2.85 bits per heavy atom. The molecule has 2 N–H and O–H groups in total.